The highest BCUT2D eigenvalue weighted by atomic mass is 19.4. The van der Waals surface area contributed by atoms with Gasteiger partial charge in [-0.1, -0.05) is 26.0 Å². The summed E-state index contributed by atoms with van der Waals surface area (Å²) in [4.78, 5) is 0. The van der Waals surface area contributed by atoms with Crippen molar-refractivity contribution in [2.24, 2.45) is 0 Å². The molecule has 2 aromatic rings. The normalized spacial score (nSPS) is 13.3. The number of hydrogen-bond donors (Lipinski definition) is 0. The Balaban J connectivity index is 2.80. The van der Waals surface area contributed by atoms with Crippen LogP contribution in [0.5, 0.6) is 0 Å². The molecule has 0 saturated heterocycles. The molecule has 0 radical (unpaired) electrons. The fourth-order valence-electron chi connectivity index (χ4n) is 2.68. The first kappa shape index (κ1) is 21.1. The van der Waals surface area contributed by atoms with Gasteiger partial charge < -0.3 is 0 Å². The summed E-state index contributed by atoms with van der Waals surface area (Å²) in [5.41, 5.74) is -5.72. The van der Waals surface area contributed by atoms with Gasteiger partial charge in [-0.15, -0.1) is 0 Å². The molecule has 0 bridgehead atoms. The van der Waals surface area contributed by atoms with Gasteiger partial charge in [-0.2, -0.15) is 39.5 Å². The second kappa shape index (κ2) is 6.76. The Hall–Kier alpha value is -2.19. The fourth-order valence-corrected chi connectivity index (χ4v) is 2.68. The smallest absolute Gasteiger partial charge is 0.166 e. The molecule has 0 spiro atoms. The van der Waals surface area contributed by atoms with Gasteiger partial charge in [0.05, 0.1) is 16.7 Å². The van der Waals surface area contributed by atoms with Crippen LogP contribution in [0.25, 0.3) is 11.1 Å². The van der Waals surface area contributed by atoms with E-state index in [1.807, 2.05) is 0 Å². The molecular weight excluding hydrogens is 387 g/mol. The van der Waals surface area contributed by atoms with Gasteiger partial charge in [0.2, 0.25) is 0 Å². The quantitative estimate of drug-likeness (QED) is 0.457. The Morgan fingerprint density at radius 1 is 0.630 bits per heavy atom. The maximum Gasteiger partial charge on any atom is 0.417 e. The van der Waals surface area contributed by atoms with E-state index >= 15 is 0 Å². The van der Waals surface area contributed by atoms with E-state index in [1.54, 1.807) is 0 Å². The number of rotatable bonds is 2. The minimum atomic E-state index is -5.03. The van der Waals surface area contributed by atoms with Crippen LogP contribution in [0.3, 0.4) is 0 Å². The second-order valence-electron chi connectivity index (χ2n) is 6.21. The number of benzene rings is 2. The van der Waals surface area contributed by atoms with E-state index < -0.39 is 52.3 Å². The monoisotopic (exact) mass is 400 g/mol. The molecule has 27 heavy (non-hydrogen) atoms. The van der Waals surface area contributed by atoms with Crippen molar-refractivity contribution in [3.05, 3.63) is 58.7 Å². The summed E-state index contributed by atoms with van der Waals surface area (Å²) < 4.78 is 118. The third-order valence-corrected chi connectivity index (χ3v) is 3.94. The third kappa shape index (κ3) is 4.56. The van der Waals surface area contributed by atoms with Gasteiger partial charge in [-0.05, 0) is 46.9 Å². The molecule has 0 nitrogen and oxygen atoms in total. The van der Waals surface area contributed by atoms with Crippen LogP contribution in [-0.2, 0) is 18.5 Å². The summed E-state index contributed by atoms with van der Waals surface area (Å²) in [5, 5.41) is 0. The molecule has 0 aromatic heterocycles. The Kier molecular flexibility index (Phi) is 5.29. The fraction of sp³-hybridized carbons (Fsp3) is 0.333. The first-order chi connectivity index (χ1) is 12.1. The lowest BCUT2D eigenvalue weighted by Gasteiger charge is -2.20. The predicted molar refractivity (Wildman–Crippen MR) is 81.0 cm³/mol. The van der Waals surface area contributed by atoms with Crippen LogP contribution in [0.15, 0.2) is 36.4 Å². The molecule has 2 aromatic carbocycles. The molecule has 0 atom stereocenters. The van der Waals surface area contributed by atoms with Crippen molar-refractivity contribution in [2.75, 3.05) is 0 Å². The van der Waals surface area contributed by atoms with Crippen molar-refractivity contribution in [2.45, 2.75) is 38.3 Å². The number of hydrogen-bond acceptors (Lipinski definition) is 0. The van der Waals surface area contributed by atoms with Gasteiger partial charge >= 0.3 is 18.5 Å². The van der Waals surface area contributed by atoms with Crippen molar-refractivity contribution in [3.8, 4) is 11.1 Å². The molecule has 0 unspecified atom stereocenters. The molecule has 0 heterocycles. The van der Waals surface area contributed by atoms with Crippen LogP contribution in [0.1, 0.15) is 42.0 Å². The molecule has 0 saturated carbocycles. The Labute approximate surface area is 148 Å². The summed E-state index contributed by atoms with van der Waals surface area (Å²) in [6.45, 7) is 2.94. The van der Waals surface area contributed by atoms with Gasteiger partial charge in [0, 0.05) is 0 Å². The minimum Gasteiger partial charge on any atom is -0.166 e. The Morgan fingerprint density at radius 3 is 1.63 bits per heavy atom. The molecule has 0 N–H and O–H groups in total. The van der Waals surface area contributed by atoms with E-state index in [0.29, 0.717) is 6.07 Å². The second-order valence-corrected chi connectivity index (χ2v) is 6.21. The van der Waals surface area contributed by atoms with Crippen molar-refractivity contribution < 1.29 is 39.5 Å². The highest BCUT2D eigenvalue weighted by Crippen LogP contribution is 2.43. The predicted octanol–water partition coefficient (Wildman–Crippen LogP) is 7.53. The van der Waals surface area contributed by atoms with Crippen LogP contribution >= 0.6 is 0 Å². The topological polar surface area (TPSA) is 0 Å². The van der Waals surface area contributed by atoms with E-state index in [-0.39, 0.29) is 23.8 Å². The van der Waals surface area contributed by atoms with E-state index in [9.17, 15) is 39.5 Å². The largest absolute Gasteiger partial charge is 0.417 e. The molecule has 0 amide bonds. The lowest BCUT2D eigenvalue weighted by atomic mass is 9.90. The first-order valence-electron chi connectivity index (χ1n) is 7.62. The van der Waals surface area contributed by atoms with Crippen molar-refractivity contribution in [3.63, 3.8) is 0 Å². The van der Waals surface area contributed by atoms with E-state index in [0.717, 1.165) is 12.1 Å². The number of alkyl halides is 9. The minimum absolute atomic E-state index is 0.160. The maximum atomic E-state index is 13.3. The van der Waals surface area contributed by atoms with Crippen LogP contribution in [-0.4, -0.2) is 0 Å². The summed E-state index contributed by atoms with van der Waals surface area (Å²) in [5.74, 6) is -0.584. The standard InChI is InChI=1S/C18H13F9/c1-9(2)12-5-3-10(7-15(12)18(25,26)27)13-8-11(16(19,20)21)4-6-14(13)17(22,23)24/h3-9H,1-2H3. The molecular formula is C18H13F9. The lowest BCUT2D eigenvalue weighted by molar-refractivity contribution is -0.141. The number of halogens is 9. The highest BCUT2D eigenvalue weighted by molar-refractivity contribution is 5.70. The van der Waals surface area contributed by atoms with E-state index in [2.05, 4.69) is 0 Å². The molecule has 0 aliphatic carbocycles. The average Bonchev–Trinajstić information content (AvgIpc) is 2.51. The molecule has 0 aliphatic rings. The zero-order valence-corrected chi connectivity index (χ0v) is 13.9. The van der Waals surface area contributed by atoms with Crippen molar-refractivity contribution in [1.29, 1.82) is 0 Å². The van der Waals surface area contributed by atoms with Crippen LogP contribution < -0.4 is 0 Å². The molecule has 2 rings (SSSR count). The van der Waals surface area contributed by atoms with Gasteiger partial charge in [0.1, 0.15) is 0 Å². The zero-order chi connectivity index (χ0) is 20.8. The first-order valence-corrected chi connectivity index (χ1v) is 7.62. The van der Waals surface area contributed by atoms with Crippen LogP contribution in [0, 0.1) is 0 Å². The van der Waals surface area contributed by atoms with Crippen molar-refractivity contribution in [1.82, 2.24) is 0 Å². The van der Waals surface area contributed by atoms with Gasteiger partial charge in [0.15, 0.2) is 0 Å². The zero-order valence-electron chi connectivity index (χ0n) is 13.9. The molecule has 0 fully saturated rings. The summed E-state index contributed by atoms with van der Waals surface area (Å²) >= 11 is 0. The third-order valence-electron chi connectivity index (χ3n) is 3.94. The van der Waals surface area contributed by atoms with Crippen molar-refractivity contribution >= 4 is 0 Å². The molecule has 9 heteroatoms. The SMILES string of the molecule is CC(C)c1ccc(-c2cc(C(F)(F)F)ccc2C(F)(F)F)cc1C(F)(F)F. The van der Waals surface area contributed by atoms with Crippen LogP contribution in [0.4, 0.5) is 39.5 Å². The van der Waals surface area contributed by atoms with E-state index in [1.165, 1.54) is 13.8 Å². The molecule has 148 valence electrons. The maximum absolute atomic E-state index is 13.3. The Morgan fingerprint density at radius 2 is 1.19 bits per heavy atom. The highest BCUT2D eigenvalue weighted by Gasteiger charge is 2.39. The van der Waals surface area contributed by atoms with Gasteiger partial charge in [0.25, 0.3) is 0 Å². The summed E-state index contributed by atoms with van der Waals surface area (Å²) in [7, 11) is 0. The Bertz CT molecular complexity index is 824. The summed E-state index contributed by atoms with van der Waals surface area (Å²) in [6, 6.07) is 3.10. The average molecular weight is 400 g/mol. The van der Waals surface area contributed by atoms with Gasteiger partial charge in [-0.25, -0.2) is 0 Å². The summed E-state index contributed by atoms with van der Waals surface area (Å²) in [6.07, 6.45) is -14.8. The molecule has 0 aliphatic heterocycles. The van der Waals surface area contributed by atoms with E-state index in [4.69, 9.17) is 0 Å². The lowest BCUT2D eigenvalue weighted by Crippen LogP contribution is -2.13. The van der Waals surface area contributed by atoms with Gasteiger partial charge in [-0.3, -0.25) is 0 Å². The van der Waals surface area contributed by atoms with Crippen LogP contribution in [0.2, 0.25) is 0 Å².